The van der Waals surface area contributed by atoms with E-state index in [1.54, 1.807) is 6.20 Å². The number of rotatable bonds is 5. The number of carbonyl (C=O) groups is 1. The molecule has 7 nitrogen and oxygen atoms in total. The fourth-order valence-corrected chi connectivity index (χ4v) is 4.76. The molecular formula is C27H25N5O2. The number of nitrogens with one attached hydrogen (secondary N) is 1. The topological polar surface area (TPSA) is 72.3 Å². The molecular weight excluding hydrogens is 426 g/mol. The minimum atomic E-state index is -0.390. The predicted octanol–water partition coefficient (Wildman–Crippen LogP) is 4.68. The molecule has 0 radical (unpaired) electrons. The molecule has 1 fully saturated rings. The molecule has 170 valence electrons. The van der Waals surface area contributed by atoms with Gasteiger partial charge >= 0.3 is 0 Å². The molecule has 4 heterocycles. The van der Waals surface area contributed by atoms with Crippen molar-refractivity contribution < 1.29 is 9.53 Å². The van der Waals surface area contributed by atoms with Gasteiger partial charge in [0.05, 0.1) is 17.4 Å². The van der Waals surface area contributed by atoms with Crippen LogP contribution in [0.4, 0.5) is 5.69 Å². The number of anilines is 1. The number of pyridine rings is 1. The van der Waals surface area contributed by atoms with E-state index in [4.69, 9.17) is 9.84 Å². The molecule has 2 aromatic heterocycles. The highest BCUT2D eigenvalue weighted by Crippen LogP contribution is 2.38. The van der Waals surface area contributed by atoms with Gasteiger partial charge in [-0.05, 0) is 49.2 Å². The molecule has 2 aromatic carbocycles. The monoisotopic (exact) mass is 451 g/mol. The Hall–Kier alpha value is -3.97. The maximum atomic E-state index is 13.7. The van der Waals surface area contributed by atoms with Crippen LogP contribution in [0.2, 0.25) is 0 Å². The molecule has 1 amide bonds. The predicted molar refractivity (Wildman–Crippen MR) is 130 cm³/mol. The van der Waals surface area contributed by atoms with Crippen molar-refractivity contribution in [3.63, 3.8) is 0 Å². The Balaban J connectivity index is 1.49. The minimum absolute atomic E-state index is 0.000511. The van der Waals surface area contributed by atoms with E-state index in [2.05, 4.69) is 10.3 Å². The average Bonchev–Trinajstić information content (AvgIpc) is 3.57. The Morgan fingerprint density at radius 3 is 2.68 bits per heavy atom. The zero-order valence-corrected chi connectivity index (χ0v) is 18.7. The first-order valence-electron chi connectivity index (χ1n) is 11.6. The van der Waals surface area contributed by atoms with Gasteiger partial charge in [0.2, 0.25) is 0 Å². The molecule has 2 atom stereocenters. The lowest BCUT2D eigenvalue weighted by Crippen LogP contribution is -2.46. The molecule has 0 saturated carbocycles. The number of hydrogen-bond donors (Lipinski definition) is 1. The molecule has 2 aliphatic heterocycles. The Bertz CT molecular complexity index is 1300. The summed E-state index contributed by atoms with van der Waals surface area (Å²) in [6, 6.07) is 21.6. The second-order valence-electron chi connectivity index (χ2n) is 8.64. The molecule has 0 bridgehead atoms. The molecule has 6 rings (SSSR count). The number of carbonyl (C=O) groups excluding carboxylic acids is 1. The maximum Gasteiger partial charge on any atom is 0.257 e. The third-order valence-corrected chi connectivity index (χ3v) is 6.44. The second kappa shape index (κ2) is 8.76. The van der Waals surface area contributed by atoms with Crippen molar-refractivity contribution in [2.75, 3.05) is 18.5 Å². The lowest BCUT2D eigenvalue weighted by atomic mass is 10.0. The van der Waals surface area contributed by atoms with Crippen LogP contribution in [0.15, 0.2) is 85.3 Å². The standard InChI is InChI=1S/C27H25N5O2/c33-27-22-12-4-5-13-24(22)29-26(31(27)17-21-11-7-15-34-21)23-18-32(20-9-2-1-3-10-20)30-25(23)19-8-6-14-28-16-19/h1-6,8-10,12-14,16,18,21,26,29H,7,11,15,17H2/t21-,26-/m0/s1. The van der Waals surface area contributed by atoms with E-state index in [1.165, 1.54) is 0 Å². The smallest absolute Gasteiger partial charge is 0.257 e. The van der Waals surface area contributed by atoms with Crippen LogP contribution >= 0.6 is 0 Å². The SMILES string of the molecule is O=C1c2ccccc2N[C@H](c2cn(-c3ccccc3)nc2-c2cccnc2)N1C[C@@H]1CCCO1. The number of nitrogens with zero attached hydrogens (tertiary/aromatic N) is 4. The summed E-state index contributed by atoms with van der Waals surface area (Å²) in [5, 5.41) is 8.56. The summed E-state index contributed by atoms with van der Waals surface area (Å²) in [6.45, 7) is 1.27. The van der Waals surface area contributed by atoms with Gasteiger partial charge in [-0.3, -0.25) is 9.78 Å². The zero-order chi connectivity index (χ0) is 22.9. The van der Waals surface area contributed by atoms with E-state index in [0.717, 1.165) is 47.6 Å². The summed E-state index contributed by atoms with van der Waals surface area (Å²) >= 11 is 0. The van der Waals surface area contributed by atoms with Gasteiger partial charge in [-0.2, -0.15) is 5.10 Å². The van der Waals surface area contributed by atoms with Crippen LogP contribution in [-0.4, -0.2) is 44.8 Å². The van der Waals surface area contributed by atoms with Gasteiger partial charge in [-0.15, -0.1) is 0 Å². The fourth-order valence-electron chi connectivity index (χ4n) is 4.76. The molecule has 0 unspecified atom stereocenters. The molecule has 4 aromatic rings. The molecule has 2 aliphatic rings. The van der Waals surface area contributed by atoms with E-state index < -0.39 is 0 Å². The molecule has 1 N–H and O–H groups in total. The van der Waals surface area contributed by atoms with Crippen molar-refractivity contribution in [2.45, 2.75) is 25.1 Å². The molecule has 7 heteroatoms. The first-order chi connectivity index (χ1) is 16.8. The van der Waals surface area contributed by atoms with E-state index in [9.17, 15) is 4.79 Å². The summed E-state index contributed by atoms with van der Waals surface area (Å²) in [5.74, 6) is -0.000511. The van der Waals surface area contributed by atoms with Crippen LogP contribution in [0.25, 0.3) is 16.9 Å². The van der Waals surface area contributed by atoms with E-state index in [0.29, 0.717) is 12.1 Å². The van der Waals surface area contributed by atoms with Gasteiger partial charge in [0.15, 0.2) is 0 Å². The van der Waals surface area contributed by atoms with Crippen molar-refractivity contribution in [3.8, 4) is 16.9 Å². The van der Waals surface area contributed by atoms with E-state index in [-0.39, 0.29) is 18.2 Å². The number of aromatic nitrogens is 3. The van der Waals surface area contributed by atoms with Gasteiger partial charge in [-0.1, -0.05) is 30.3 Å². The van der Waals surface area contributed by atoms with Crippen molar-refractivity contribution in [2.24, 2.45) is 0 Å². The van der Waals surface area contributed by atoms with Crippen LogP contribution in [-0.2, 0) is 4.74 Å². The summed E-state index contributed by atoms with van der Waals surface area (Å²) in [7, 11) is 0. The Morgan fingerprint density at radius 1 is 1.03 bits per heavy atom. The lowest BCUT2D eigenvalue weighted by Gasteiger charge is -2.39. The zero-order valence-electron chi connectivity index (χ0n) is 18.7. The molecule has 0 spiro atoms. The maximum absolute atomic E-state index is 13.7. The third-order valence-electron chi connectivity index (χ3n) is 6.44. The number of ether oxygens (including phenoxy) is 1. The van der Waals surface area contributed by atoms with Crippen LogP contribution < -0.4 is 5.32 Å². The summed E-state index contributed by atoms with van der Waals surface area (Å²) in [4.78, 5) is 19.9. The number of benzene rings is 2. The van der Waals surface area contributed by atoms with Crippen molar-refractivity contribution in [3.05, 3.63) is 96.4 Å². The third kappa shape index (κ3) is 3.74. The number of amides is 1. The van der Waals surface area contributed by atoms with Gasteiger partial charge in [-0.25, -0.2) is 4.68 Å². The highest BCUT2D eigenvalue weighted by Gasteiger charge is 2.37. The Morgan fingerprint density at radius 2 is 1.88 bits per heavy atom. The number of para-hydroxylation sites is 2. The Labute approximate surface area is 198 Å². The number of fused-ring (bicyclic) bond motifs is 1. The first-order valence-corrected chi connectivity index (χ1v) is 11.6. The molecule has 1 saturated heterocycles. The lowest BCUT2D eigenvalue weighted by molar-refractivity contribution is 0.0427. The van der Waals surface area contributed by atoms with E-state index >= 15 is 0 Å². The fraction of sp³-hybridized carbons (Fsp3) is 0.222. The highest BCUT2D eigenvalue weighted by molar-refractivity contribution is 6.02. The quantitative estimate of drug-likeness (QED) is 0.477. The van der Waals surface area contributed by atoms with Crippen LogP contribution in [0.3, 0.4) is 0 Å². The van der Waals surface area contributed by atoms with Crippen molar-refractivity contribution >= 4 is 11.6 Å². The van der Waals surface area contributed by atoms with Crippen molar-refractivity contribution in [1.29, 1.82) is 0 Å². The van der Waals surface area contributed by atoms with Crippen molar-refractivity contribution in [1.82, 2.24) is 19.7 Å². The summed E-state index contributed by atoms with van der Waals surface area (Å²) in [6.07, 6.45) is 7.19. The van der Waals surface area contributed by atoms with Crippen LogP contribution in [0, 0.1) is 0 Å². The van der Waals surface area contributed by atoms with Gasteiger partial charge in [0.1, 0.15) is 11.9 Å². The summed E-state index contributed by atoms with van der Waals surface area (Å²) in [5.41, 5.74) is 5.06. The largest absolute Gasteiger partial charge is 0.376 e. The average molecular weight is 452 g/mol. The first kappa shape index (κ1) is 20.6. The minimum Gasteiger partial charge on any atom is -0.376 e. The van der Waals surface area contributed by atoms with Crippen LogP contribution in [0.1, 0.15) is 34.9 Å². The van der Waals surface area contributed by atoms with Crippen LogP contribution in [0.5, 0.6) is 0 Å². The normalized spacial score (nSPS) is 19.6. The van der Waals surface area contributed by atoms with Gasteiger partial charge in [0, 0.05) is 48.6 Å². The Kier molecular flexibility index (Phi) is 5.31. The highest BCUT2D eigenvalue weighted by atomic mass is 16.5. The van der Waals surface area contributed by atoms with Gasteiger partial charge < -0.3 is 15.0 Å². The second-order valence-corrected chi connectivity index (χ2v) is 8.64. The summed E-state index contributed by atoms with van der Waals surface area (Å²) < 4.78 is 7.78. The molecule has 34 heavy (non-hydrogen) atoms. The molecule has 0 aliphatic carbocycles. The number of hydrogen-bond acceptors (Lipinski definition) is 5. The van der Waals surface area contributed by atoms with Gasteiger partial charge in [0.25, 0.3) is 5.91 Å². The van der Waals surface area contributed by atoms with E-state index in [1.807, 2.05) is 88.7 Å².